The molecule has 0 heterocycles. The summed E-state index contributed by atoms with van der Waals surface area (Å²) in [6.45, 7) is 2.31. The van der Waals surface area contributed by atoms with Crippen molar-refractivity contribution in [1.29, 1.82) is 0 Å². The number of hydrogen-bond acceptors (Lipinski definition) is 3. The minimum absolute atomic E-state index is 0.501. The van der Waals surface area contributed by atoms with Gasteiger partial charge in [-0.3, -0.25) is 10.1 Å². The van der Waals surface area contributed by atoms with E-state index in [1.54, 1.807) is 30.6 Å². The van der Waals surface area contributed by atoms with Crippen LogP contribution in [0.3, 0.4) is 0 Å². The summed E-state index contributed by atoms with van der Waals surface area (Å²) < 4.78 is 0. The van der Waals surface area contributed by atoms with Crippen molar-refractivity contribution in [2.75, 3.05) is 6.54 Å². The van der Waals surface area contributed by atoms with E-state index in [1.165, 1.54) is 0 Å². The van der Waals surface area contributed by atoms with Crippen molar-refractivity contribution in [2.24, 2.45) is 0 Å². The molecular formula is C10H12NO2. The molecule has 0 saturated carbocycles. The third-order valence-electron chi connectivity index (χ3n) is 1.77. The Hall–Kier alpha value is -1.19. The first-order valence-electron chi connectivity index (χ1n) is 4.15. The summed E-state index contributed by atoms with van der Waals surface area (Å²) in [5, 5.41) is 12.4. The summed E-state index contributed by atoms with van der Waals surface area (Å²) in [6.07, 6.45) is 1.59. The molecule has 0 spiro atoms. The number of benzene rings is 1. The zero-order valence-corrected chi connectivity index (χ0v) is 7.45. The first-order chi connectivity index (χ1) is 6.23. The molecule has 0 amide bonds. The smallest absolute Gasteiger partial charge is 0.254 e. The lowest BCUT2D eigenvalue weighted by Gasteiger charge is -2.21. The van der Waals surface area contributed by atoms with Gasteiger partial charge in [0, 0.05) is 5.56 Å². The molecule has 1 radical (unpaired) electrons. The fraction of sp³-hybridized carbons (Fsp3) is 0.300. The van der Waals surface area contributed by atoms with Crippen LogP contribution in [0.5, 0.6) is 0 Å². The van der Waals surface area contributed by atoms with Crippen molar-refractivity contribution in [1.82, 2.24) is 5.32 Å². The van der Waals surface area contributed by atoms with Crippen molar-refractivity contribution in [3.63, 3.8) is 0 Å². The zero-order valence-electron chi connectivity index (χ0n) is 7.45. The molecule has 3 heteroatoms. The van der Waals surface area contributed by atoms with E-state index in [1.807, 2.05) is 13.0 Å². The molecule has 1 rings (SSSR count). The van der Waals surface area contributed by atoms with Crippen LogP contribution >= 0.6 is 0 Å². The van der Waals surface area contributed by atoms with Gasteiger partial charge in [0.05, 0.1) is 0 Å². The molecule has 3 nitrogen and oxygen atoms in total. The Labute approximate surface area is 77.4 Å². The Morgan fingerprint density at radius 3 is 2.54 bits per heavy atom. The van der Waals surface area contributed by atoms with E-state index in [9.17, 15) is 9.90 Å². The summed E-state index contributed by atoms with van der Waals surface area (Å²) in [5.41, 5.74) is -1.16. The largest absolute Gasteiger partial charge is 0.365 e. The topological polar surface area (TPSA) is 49.3 Å². The first kappa shape index (κ1) is 9.89. The van der Waals surface area contributed by atoms with Crippen molar-refractivity contribution in [2.45, 2.75) is 12.6 Å². The summed E-state index contributed by atoms with van der Waals surface area (Å²) in [5.74, 6) is 0. The predicted octanol–water partition coefficient (Wildman–Crippen LogP) is 0.551. The third-order valence-corrected chi connectivity index (χ3v) is 1.77. The van der Waals surface area contributed by atoms with E-state index in [4.69, 9.17) is 0 Å². The molecule has 0 saturated heterocycles. The van der Waals surface area contributed by atoms with Gasteiger partial charge >= 0.3 is 0 Å². The van der Waals surface area contributed by atoms with Gasteiger partial charge in [0.1, 0.15) is 0 Å². The van der Waals surface area contributed by atoms with Crippen LogP contribution in [0.4, 0.5) is 0 Å². The molecule has 13 heavy (non-hydrogen) atoms. The van der Waals surface area contributed by atoms with Crippen molar-refractivity contribution < 1.29 is 9.90 Å². The molecule has 0 aliphatic rings. The second kappa shape index (κ2) is 4.16. The summed E-state index contributed by atoms with van der Waals surface area (Å²) in [6, 6.07) is 8.69. The predicted molar refractivity (Wildman–Crippen MR) is 49.7 cm³/mol. The molecule has 0 fully saturated rings. The molecule has 0 aromatic heterocycles. The van der Waals surface area contributed by atoms with Gasteiger partial charge in [0.2, 0.25) is 5.72 Å². The lowest BCUT2D eigenvalue weighted by atomic mass is 10.0. The maximum Gasteiger partial charge on any atom is 0.254 e. The molecule has 1 aromatic carbocycles. The second-order valence-electron chi connectivity index (χ2n) is 2.71. The van der Waals surface area contributed by atoms with E-state index in [-0.39, 0.29) is 0 Å². The quantitative estimate of drug-likeness (QED) is 0.662. The van der Waals surface area contributed by atoms with Crippen LogP contribution in [0.15, 0.2) is 30.3 Å². The van der Waals surface area contributed by atoms with Crippen LogP contribution in [0.25, 0.3) is 0 Å². The third kappa shape index (κ3) is 2.14. The number of aliphatic hydroxyl groups is 1. The van der Waals surface area contributed by atoms with Gasteiger partial charge in [-0.05, 0) is 6.54 Å². The highest BCUT2D eigenvalue weighted by molar-refractivity contribution is 5.65. The maximum atomic E-state index is 10.6. The molecule has 69 valence electrons. The zero-order chi connectivity index (χ0) is 9.73. The molecule has 1 unspecified atom stereocenters. The fourth-order valence-corrected chi connectivity index (χ4v) is 1.13. The maximum absolute atomic E-state index is 10.6. The Kier molecular flexibility index (Phi) is 3.17. The average Bonchev–Trinajstić information content (AvgIpc) is 2.19. The average molecular weight is 178 g/mol. The highest BCUT2D eigenvalue weighted by atomic mass is 16.3. The van der Waals surface area contributed by atoms with Gasteiger partial charge < -0.3 is 5.11 Å². The van der Waals surface area contributed by atoms with Gasteiger partial charge in [-0.2, -0.15) is 0 Å². The van der Waals surface area contributed by atoms with E-state index < -0.39 is 5.72 Å². The Balaban J connectivity index is 2.95. The summed E-state index contributed by atoms with van der Waals surface area (Å²) >= 11 is 0. The van der Waals surface area contributed by atoms with Gasteiger partial charge in [0.25, 0.3) is 6.29 Å². The summed E-state index contributed by atoms with van der Waals surface area (Å²) in [4.78, 5) is 10.6. The monoisotopic (exact) mass is 178 g/mol. The van der Waals surface area contributed by atoms with Gasteiger partial charge in [-0.25, -0.2) is 0 Å². The molecular weight excluding hydrogens is 166 g/mol. The van der Waals surface area contributed by atoms with E-state index >= 15 is 0 Å². The Morgan fingerprint density at radius 1 is 1.46 bits per heavy atom. The molecule has 0 aliphatic heterocycles. The van der Waals surface area contributed by atoms with E-state index in [0.29, 0.717) is 12.1 Å². The van der Waals surface area contributed by atoms with E-state index in [0.717, 1.165) is 0 Å². The first-order valence-corrected chi connectivity index (χ1v) is 4.15. The Morgan fingerprint density at radius 2 is 2.08 bits per heavy atom. The SMILES string of the molecule is CCNC(O)([C]=O)c1ccccc1. The standard InChI is InChI=1S/C10H12NO2/c1-2-11-10(13,8-12)9-6-4-3-5-7-9/h3-7,11,13H,2H2,1H3. The number of carbonyl (C=O) groups excluding carboxylic acids is 1. The molecule has 1 atom stereocenters. The van der Waals surface area contributed by atoms with Crippen LogP contribution in [-0.2, 0) is 10.5 Å². The number of hydrogen-bond donors (Lipinski definition) is 2. The number of nitrogens with one attached hydrogen (secondary N) is 1. The highest BCUT2D eigenvalue weighted by Gasteiger charge is 2.28. The molecule has 0 aliphatic carbocycles. The van der Waals surface area contributed by atoms with Crippen LogP contribution in [0, 0.1) is 0 Å². The Bertz CT molecular complexity index is 274. The van der Waals surface area contributed by atoms with Crippen LogP contribution in [-0.4, -0.2) is 17.9 Å². The van der Waals surface area contributed by atoms with Crippen molar-refractivity contribution >= 4 is 6.29 Å². The molecule has 1 aromatic rings. The summed E-state index contributed by atoms with van der Waals surface area (Å²) in [7, 11) is 0. The van der Waals surface area contributed by atoms with Gasteiger partial charge in [-0.15, -0.1) is 0 Å². The van der Waals surface area contributed by atoms with Crippen molar-refractivity contribution in [3.05, 3.63) is 35.9 Å². The second-order valence-corrected chi connectivity index (χ2v) is 2.71. The molecule has 2 N–H and O–H groups in total. The lowest BCUT2D eigenvalue weighted by Crippen LogP contribution is -2.43. The van der Waals surface area contributed by atoms with Gasteiger partial charge in [0.15, 0.2) is 0 Å². The minimum Gasteiger partial charge on any atom is -0.365 e. The number of rotatable bonds is 4. The molecule has 0 bridgehead atoms. The normalized spacial score (nSPS) is 14.9. The van der Waals surface area contributed by atoms with Gasteiger partial charge in [-0.1, -0.05) is 37.3 Å². The van der Waals surface area contributed by atoms with E-state index in [2.05, 4.69) is 5.32 Å². The number of likely N-dealkylation sites (N-methyl/N-ethyl adjacent to an activating group) is 1. The lowest BCUT2D eigenvalue weighted by molar-refractivity contribution is 0.0716. The van der Waals surface area contributed by atoms with Crippen molar-refractivity contribution in [3.8, 4) is 0 Å². The van der Waals surface area contributed by atoms with Crippen LogP contribution in [0.2, 0.25) is 0 Å². The highest BCUT2D eigenvalue weighted by Crippen LogP contribution is 2.14. The van der Waals surface area contributed by atoms with Crippen LogP contribution < -0.4 is 5.32 Å². The minimum atomic E-state index is -1.67. The van der Waals surface area contributed by atoms with Crippen LogP contribution in [0.1, 0.15) is 12.5 Å². The fourth-order valence-electron chi connectivity index (χ4n) is 1.13.